The Morgan fingerprint density at radius 1 is 1.26 bits per heavy atom. The van der Waals surface area contributed by atoms with E-state index in [9.17, 15) is 9.18 Å². The van der Waals surface area contributed by atoms with Crippen LogP contribution in [0.4, 0.5) is 4.39 Å². The summed E-state index contributed by atoms with van der Waals surface area (Å²) in [4.78, 5) is 16.4. The van der Waals surface area contributed by atoms with E-state index in [0.717, 1.165) is 5.69 Å². The van der Waals surface area contributed by atoms with Gasteiger partial charge < -0.3 is 0 Å². The molecular weight excluding hydrogens is 265 g/mol. The number of hydrogen-bond acceptors (Lipinski definition) is 2. The average Bonchev–Trinajstić information content (AvgIpc) is 2.33. The van der Waals surface area contributed by atoms with Crippen LogP contribution in [-0.4, -0.2) is 10.8 Å². The zero-order valence-electron chi connectivity index (χ0n) is 10.7. The van der Waals surface area contributed by atoms with E-state index in [2.05, 4.69) is 4.98 Å². The summed E-state index contributed by atoms with van der Waals surface area (Å²) in [6.07, 6.45) is 0.0716. The fourth-order valence-corrected chi connectivity index (χ4v) is 2.11. The summed E-state index contributed by atoms with van der Waals surface area (Å²) in [5.74, 6) is -0.511. The summed E-state index contributed by atoms with van der Waals surface area (Å²) in [7, 11) is 0. The van der Waals surface area contributed by atoms with Gasteiger partial charge in [0.05, 0.1) is 0 Å². The van der Waals surface area contributed by atoms with Gasteiger partial charge in [0.2, 0.25) is 0 Å². The maximum atomic E-state index is 13.1. The van der Waals surface area contributed by atoms with E-state index in [-0.39, 0.29) is 12.2 Å². The first-order valence-electron chi connectivity index (χ1n) is 5.89. The Morgan fingerprint density at radius 3 is 2.68 bits per heavy atom. The third-order valence-corrected chi connectivity index (χ3v) is 3.25. The van der Waals surface area contributed by atoms with Crippen molar-refractivity contribution in [3.63, 3.8) is 0 Å². The van der Waals surface area contributed by atoms with Gasteiger partial charge in [0.25, 0.3) is 0 Å². The van der Waals surface area contributed by atoms with Crippen LogP contribution in [0.2, 0.25) is 5.02 Å². The number of ketones is 1. The molecule has 0 unspecified atom stereocenters. The molecule has 2 rings (SSSR count). The van der Waals surface area contributed by atoms with E-state index >= 15 is 0 Å². The molecule has 1 aromatic heterocycles. The highest BCUT2D eigenvalue weighted by atomic mass is 35.5. The molecule has 19 heavy (non-hydrogen) atoms. The van der Waals surface area contributed by atoms with Crippen LogP contribution in [0.1, 0.15) is 27.3 Å². The van der Waals surface area contributed by atoms with Gasteiger partial charge >= 0.3 is 0 Å². The SMILES string of the molecule is Cc1ccc(C(=O)Cc2cc(F)ccc2Cl)c(C)n1. The van der Waals surface area contributed by atoms with Gasteiger partial charge in [-0.1, -0.05) is 11.6 Å². The Hall–Kier alpha value is -1.74. The first-order chi connectivity index (χ1) is 8.97. The van der Waals surface area contributed by atoms with Crippen molar-refractivity contribution in [1.29, 1.82) is 0 Å². The third-order valence-electron chi connectivity index (χ3n) is 2.88. The number of nitrogens with zero attached hydrogens (tertiary/aromatic N) is 1. The molecule has 0 radical (unpaired) electrons. The predicted octanol–water partition coefficient (Wildman–Crippen LogP) is 3.92. The van der Waals surface area contributed by atoms with Crippen LogP contribution < -0.4 is 0 Å². The molecule has 0 saturated carbocycles. The summed E-state index contributed by atoms with van der Waals surface area (Å²) in [5, 5.41) is 0.396. The smallest absolute Gasteiger partial charge is 0.169 e. The van der Waals surface area contributed by atoms with Crippen molar-refractivity contribution < 1.29 is 9.18 Å². The second-order valence-corrected chi connectivity index (χ2v) is 4.83. The molecule has 4 heteroatoms. The van der Waals surface area contributed by atoms with Crippen LogP contribution in [0.15, 0.2) is 30.3 Å². The largest absolute Gasteiger partial charge is 0.294 e. The van der Waals surface area contributed by atoms with Crippen molar-refractivity contribution in [2.24, 2.45) is 0 Å². The second kappa shape index (κ2) is 5.49. The highest BCUT2D eigenvalue weighted by molar-refractivity contribution is 6.31. The summed E-state index contributed by atoms with van der Waals surface area (Å²) < 4.78 is 13.1. The second-order valence-electron chi connectivity index (χ2n) is 4.42. The van der Waals surface area contributed by atoms with Gasteiger partial charge in [-0.3, -0.25) is 9.78 Å². The lowest BCUT2D eigenvalue weighted by Crippen LogP contribution is -2.08. The summed E-state index contributed by atoms with van der Waals surface area (Å²) in [6.45, 7) is 3.65. The molecule has 0 atom stereocenters. The molecule has 0 N–H and O–H groups in total. The zero-order valence-corrected chi connectivity index (χ0v) is 11.5. The fraction of sp³-hybridized carbons (Fsp3) is 0.200. The number of hydrogen-bond donors (Lipinski definition) is 0. The van der Waals surface area contributed by atoms with Gasteiger partial charge in [-0.2, -0.15) is 0 Å². The number of carbonyl (C=O) groups is 1. The lowest BCUT2D eigenvalue weighted by molar-refractivity contribution is 0.0992. The van der Waals surface area contributed by atoms with Gasteiger partial charge in [-0.25, -0.2) is 4.39 Å². The van der Waals surface area contributed by atoms with Crippen LogP contribution in [0.25, 0.3) is 0 Å². The van der Waals surface area contributed by atoms with Crippen molar-refractivity contribution in [2.45, 2.75) is 20.3 Å². The number of benzene rings is 1. The number of aromatic nitrogens is 1. The summed E-state index contributed by atoms with van der Waals surface area (Å²) >= 11 is 5.96. The van der Waals surface area contributed by atoms with E-state index in [1.807, 2.05) is 6.92 Å². The first-order valence-corrected chi connectivity index (χ1v) is 6.26. The number of pyridine rings is 1. The average molecular weight is 278 g/mol. The summed E-state index contributed by atoms with van der Waals surface area (Å²) in [5.41, 5.74) is 2.58. The molecule has 0 aliphatic carbocycles. The Balaban J connectivity index is 2.28. The molecule has 1 aromatic carbocycles. The van der Waals surface area contributed by atoms with Crippen LogP contribution >= 0.6 is 11.6 Å². The van der Waals surface area contributed by atoms with Crippen LogP contribution in [0.3, 0.4) is 0 Å². The normalized spacial score (nSPS) is 10.5. The Kier molecular flexibility index (Phi) is 3.96. The standard InChI is InChI=1S/C15H13ClFNO/c1-9-3-5-13(10(2)18-9)15(19)8-11-7-12(17)4-6-14(11)16/h3-7H,8H2,1-2H3. The minimum absolute atomic E-state index is 0.0716. The van der Waals surface area contributed by atoms with E-state index < -0.39 is 5.82 Å². The van der Waals surface area contributed by atoms with Gasteiger partial charge in [-0.05, 0) is 49.7 Å². The zero-order chi connectivity index (χ0) is 14.0. The first kappa shape index (κ1) is 13.7. The maximum absolute atomic E-state index is 13.1. The van der Waals surface area contributed by atoms with Crippen molar-refractivity contribution in [3.05, 3.63) is 63.7 Å². The monoisotopic (exact) mass is 277 g/mol. The number of rotatable bonds is 3. The summed E-state index contributed by atoms with van der Waals surface area (Å²) in [6, 6.07) is 7.55. The molecule has 98 valence electrons. The molecule has 1 heterocycles. The van der Waals surface area contributed by atoms with Gasteiger partial charge in [0, 0.05) is 28.4 Å². The van der Waals surface area contributed by atoms with Crippen molar-refractivity contribution in [2.75, 3.05) is 0 Å². The van der Waals surface area contributed by atoms with Gasteiger partial charge in [0.15, 0.2) is 5.78 Å². The molecule has 0 bridgehead atoms. The molecule has 2 aromatic rings. The van der Waals surface area contributed by atoms with Crippen LogP contribution in [-0.2, 0) is 6.42 Å². The van der Waals surface area contributed by atoms with Crippen LogP contribution in [0, 0.1) is 19.7 Å². The Labute approximate surface area is 116 Å². The molecular formula is C15H13ClFNO. The molecule has 0 fully saturated rings. The van der Waals surface area contributed by atoms with E-state index in [0.29, 0.717) is 21.8 Å². The maximum Gasteiger partial charge on any atom is 0.169 e. The van der Waals surface area contributed by atoms with Gasteiger partial charge in [0.1, 0.15) is 5.82 Å². The highest BCUT2D eigenvalue weighted by Crippen LogP contribution is 2.20. The Morgan fingerprint density at radius 2 is 2.00 bits per heavy atom. The number of aryl methyl sites for hydroxylation is 2. The van der Waals surface area contributed by atoms with Crippen LogP contribution in [0.5, 0.6) is 0 Å². The van der Waals surface area contributed by atoms with Crippen molar-refractivity contribution in [3.8, 4) is 0 Å². The topological polar surface area (TPSA) is 30.0 Å². The number of halogens is 2. The van der Waals surface area contributed by atoms with E-state index in [1.54, 1.807) is 19.1 Å². The van der Waals surface area contributed by atoms with Gasteiger partial charge in [-0.15, -0.1) is 0 Å². The molecule has 0 aliphatic heterocycles. The molecule has 0 saturated heterocycles. The van der Waals surface area contributed by atoms with E-state index in [1.165, 1.54) is 18.2 Å². The van der Waals surface area contributed by atoms with E-state index in [4.69, 9.17) is 11.6 Å². The predicted molar refractivity (Wildman–Crippen MR) is 73.2 cm³/mol. The molecule has 2 nitrogen and oxygen atoms in total. The molecule has 0 spiro atoms. The Bertz CT molecular complexity index is 640. The highest BCUT2D eigenvalue weighted by Gasteiger charge is 2.13. The lowest BCUT2D eigenvalue weighted by atomic mass is 10.0. The number of Topliss-reactive ketones (excluding diaryl/α,β-unsaturated/α-hetero) is 1. The molecule has 0 amide bonds. The quantitative estimate of drug-likeness (QED) is 0.796. The number of carbonyl (C=O) groups excluding carboxylic acids is 1. The fourth-order valence-electron chi connectivity index (χ4n) is 1.93. The minimum Gasteiger partial charge on any atom is -0.294 e. The minimum atomic E-state index is -0.397. The molecule has 0 aliphatic rings. The lowest BCUT2D eigenvalue weighted by Gasteiger charge is -2.07. The van der Waals surface area contributed by atoms with Crippen molar-refractivity contribution >= 4 is 17.4 Å². The third kappa shape index (κ3) is 3.18. The van der Waals surface area contributed by atoms with Crippen molar-refractivity contribution in [1.82, 2.24) is 4.98 Å².